The average molecular weight is 565 g/mol. The number of nitrogens with zero attached hydrogens (tertiary/aromatic N) is 2. The van der Waals surface area contributed by atoms with Gasteiger partial charge in [0.25, 0.3) is 0 Å². The number of hydrogen-bond acceptors (Lipinski definition) is 4. The van der Waals surface area contributed by atoms with Gasteiger partial charge >= 0.3 is 0 Å². The first-order valence-corrected chi connectivity index (χ1v) is 13.4. The molecular weight excluding hydrogens is 526 g/mol. The van der Waals surface area contributed by atoms with E-state index in [4.69, 9.17) is 5.73 Å². The normalized spacial score (nSPS) is 13.2. The fraction of sp³-hybridized carbons (Fsp3) is 0.344. The maximum Gasteiger partial charge on any atom is 0.246 e. The van der Waals surface area contributed by atoms with Gasteiger partial charge < -0.3 is 20.9 Å². The Morgan fingerprint density at radius 3 is 2.12 bits per heavy atom. The van der Waals surface area contributed by atoms with Gasteiger partial charge in [0.15, 0.2) is 11.6 Å². The van der Waals surface area contributed by atoms with Gasteiger partial charge in [-0.2, -0.15) is 0 Å². The standard InChI is InChI=1S/C32H38F2N4O3/c1-32(2,35)16-8-11-29(39)37(4)28(20-21-12-14-23-9-6-7-10-24(23)17-21)31(41)38(5)27(30(40)36-3)19-22-13-15-25(33)26(34)18-22/h6-15,17-18,27-28H,16,19-20,35H2,1-5H3,(H,36,40)/t27-,28-/m1/s1. The first kappa shape index (κ1) is 31.4. The third-order valence-electron chi connectivity index (χ3n) is 7.02. The van der Waals surface area contributed by atoms with Crippen molar-refractivity contribution in [2.45, 2.75) is 50.7 Å². The molecule has 9 heteroatoms. The van der Waals surface area contributed by atoms with Crippen molar-refractivity contribution in [2.75, 3.05) is 21.1 Å². The van der Waals surface area contributed by atoms with E-state index in [0.29, 0.717) is 12.0 Å². The third-order valence-corrected chi connectivity index (χ3v) is 7.02. The zero-order valence-electron chi connectivity index (χ0n) is 24.2. The molecule has 7 nitrogen and oxygen atoms in total. The second-order valence-electron chi connectivity index (χ2n) is 11.0. The molecule has 0 unspecified atom stereocenters. The van der Waals surface area contributed by atoms with Crippen LogP contribution in [0.4, 0.5) is 8.78 Å². The van der Waals surface area contributed by atoms with E-state index < -0.39 is 41.1 Å². The van der Waals surface area contributed by atoms with E-state index in [1.54, 1.807) is 13.1 Å². The topological polar surface area (TPSA) is 95.7 Å². The van der Waals surface area contributed by atoms with Gasteiger partial charge in [0.05, 0.1) is 0 Å². The first-order chi connectivity index (χ1) is 19.3. The number of rotatable bonds is 11. The molecule has 0 spiro atoms. The number of halogens is 2. The van der Waals surface area contributed by atoms with Crippen LogP contribution in [-0.4, -0.2) is 66.3 Å². The highest BCUT2D eigenvalue weighted by Crippen LogP contribution is 2.20. The van der Waals surface area contributed by atoms with Crippen LogP contribution in [0.25, 0.3) is 10.8 Å². The van der Waals surface area contributed by atoms with E-state index in [1.807, 2.05) is 56.3 Å². The number of hydrogen-bond donors (Lipinski definition) is 2. The van der Waals surface area contributed by atoms with Crippen LogP contribution in [0.2, 0.25) is 0 Å². The first-order valence-electron chi connectivity index (χ1n) is 13.4. The summed E-state index contributed by atoms with van der Waals surface area (Å²) in [5.41, 5.74) is 6.71. The molecular formula is C32H38F2N4O3. The third kappa shape index (κ3) is 8.44. The van der Waals surface area contributed by atoms with E-state index >= 15 is 0 Å². The van der Waals surface area contributed by atoms with Crippen LogP contribution in [0.15, 0.2) is 72.8 Å². The minimum absolute atomic E-state index is 0.0506. The summed E-state index contributed by atoms with van der Waals surface area (Å²) in [5.74, 6) is -3.39. The lowest BCUT2D eigenvalue weighted by Gasteiger charge is -2.34. The van der Waals surface area contributed by atoms with Gasteiger partial charge in [-0.15, -0.1) is 0 Å². The van der Waals surface area contributed by atoms with Crippen LogP contribution in [0, 0.1) is 11.6 Å². The molecule has 3 rings (SSSR count). The van der Waals surface area contributed by atoms with E-state index in [0.717, 1.165) is 28.5 Å². The zero-order valence-corrected chi connectivity index (χ0v) is 24.2. The van der Waals surface area contributed by atoms with Gasteiger partial charge in [-0.3, -0.25) is 14.4 Å². The van der Waals surface area contributed by atoms with Crippen molar-refractivity contribution >= 4 is 28.5 Å². The summed E-state index contributed by atoms with van der Waals surface area (Å²) < 4.78 is 27.4. The van der Waals surface area contributed by atoms with Crippen LogP contribution in [0.3, 0.4) is 0 Å². The van der Waals surface area contributed by atoms with Crippen molar-refractivity contribution in [3.05, 3.63) is 95.6 Å². The smallest absolute Gasteiger partial charge is 0.246 e. The highest BCUT2D eigenvalue weighted by atomic mass is 19.2. The average Bonchev–Trinajstić information content (AvgIpc) is 2.94. The quantitative estimate of drug-likeness (QED) is 0.345. The molecule has 3 aromatic carbocycles. The van der Waals surface area contributed by atoms with Gasteiger partial charge in [-0.25, -0.2) is 8.78 Å². The maximum atomic E-state index is 14.0. The summed E-state index contributed by atoms with van der Waals surface area (Å²) >= 11 is 0. The molecule has 0 saturated heterocycles. The molecule has 0 aliphatic carbocycles. The largest absolute Gasteiger partial charge is 0.357 e. The molecule has 0 aliphatic heterocycles. The Labute approximate surface area is 240 Å². The Kier molecular flexibility index (Phi) is 10.3. The highest BCUT2D eigenvalue weighted by Gasteiger charge is 2.34. The van der Waals surface area contributed by atoms with Crippen molar-refractivity contribution in [3.8, 4) is 0 Å². The minimum Gasteiger partial charge on any atom is -0.357 e. The Bertz CT molecular complexity index is 1430. The number of nitrogens with two attached hydrogens (primary N) is 1. The number of benzene rings is 3. The molecule has 2 atom stereocenters. The summed E-state index contributed by atoms with van der Waals surface area (Å²) in [5, 5.41) is 4.58. The molecule has 0 saturated carbocycles. The number of carbonyl (C=O) groups excluding carboxylic acids is 3. The Morgan fingerprint density at radius 2 is 1.49 bits per heavy atom. The molecule has 0 heterocycles. The Hall–Kier alpha value is -4.11. The number of amides is 3. The van der Waals surface area contributed by atoms with E-state index in [1.165, 1.54) is 36.0 Å². The Balaban J connectivity index is 1.95. The molecule has 3 amide bonds. The van der Waals surface area contributed by atoms with E-state index in [-0.39, 0.29) is 18.7 Å². The number of likely N-dealkylation sites (N-methyl/N-ethyl adjacent to an activating group) is 3. The number of nitrogens with one attached hydrogen (secondary N) is 1. The van der Waals surface area contributed by atoms with E-state index in [9.17, 15) is 23.2 Å². The molecule has 3 aromatic rings. The monoisotopic (exact) mass is 564 g/mol. The number of carbonyl (C=O) groups is 3. The predicted molar refractivity (Wildman–Crippen MR) is 157 cm³/mol. The SMILES string of the molecule is CNC(=O)[C@@H](Cc1ccc(F)c(F)c1)N(C)C(=O)[C@@H](Cc1ccc2ccccc2c1)N(C)C(=O)C=CCC(C)(C)N. The van der Waals surface area contributed by atoms with Crippen LogP contribution in [0.1, 0.15) is 31.4 Å². The van der Waals surface area contributed by atoms with Crippen LogP contribution in [0.5, 0.6) is 0 Å². The van der Waals surface area contributed by atoms with Crippen molar-refractivity contribution in [3.63, 3.8) is 0 Å². The summed E-state index contributed by atoms with van der Waals surface area (Å²) in [6.45, 7) is 3.69. The molecule has 3 N–H and O–H groups in total. The fourth-order valence-corrected chi connectivity index (χ4v) is 4.56. The second kappa shape index (κ2) is 13.5. The summed E-state index contributed by atoms with van der Waals surface area (Å²) in [6, 6.07) is 15.0. The molecule has 0 fully saturated rings. The molecule has 0 radical (unpaired) electrons. The fourth-order valence-electron chi connectivity index (χ4n) is 4.56. The van der Waals surface area contributed by atoms with Crippen LogP contribution >= 0.6 is 0 Å². The summed E-state index contributed by atoms with van der Waals surface area (Å²) in [4.78, 5) is 42.8. The van der Waals surface area contributed by atoms with Crippen LogP contribution in [-0.2, 0) is 27.2 Å². The van der Waals surface area contributed by atoms with Gasteiger partial charge in [0.2, 0.25) is 17.7 Å². The van der Waals surface area contributed by atoms with Crippen molar-refractivity contribution in [1.82, 2.24) is 15.1 Å². The van der Waals surface area contributed by atoms with Crippen LogP contribution < -0.4 is 11.1 Å². The molecule has 0 aromatic heterocycles. The lowest BCUT2D eigenvalue weighted by atomic mass is 9.98. The molecule has 0 bridgehead atoms. The summed E-state index contributed by atoms with van der Waals surface area (Å²) in [6.07, 6.45) is 3.68. The lowest BCUT2D eigenvalue weighted by Crippen LogP contribution is -2.55. The lowest BCUT2D eigenvalue weighted by molar-refractivity contribution is -0.146. The maximum absolute atomic E-state index is 14.0. The molecule has 218 valence electrons. The minimum atomic E-state index is -1.04. The summed E-state index contributed by atoms with van der Waals surface area (Å²) in [7, 11) is 4.45. The predicted octanol–water partition coefficient (Wildman–Crippen LogP) is 3.99. The van der Waals surface area contributed by atoms with Gasteiger partial charge in [0, 0.05) is 39.5 Å². The second-order valence-corrected chi connectivity index (χ2v) is 11.0. The van der Waals surface area contributed by atoms with Crippen molar-refractivity contribution in [2.24, 2.45) is 5.73 Å². The van der Waals surface area contributed by atoms with E-state index in [2.05, 4.69) is 5.32 Å². The van der Waals surface area contributed by atoms with Crippen molar-refractivity contribution in [1.29, 1.82) is 0 Å². The van der Waals surface area contributed by atoms with Crippen molar-refractivity contribution < 1.29 is 23.2 Å². The van der Waals surface area contributed by atoms with Gasteiger partial charge in [-0.1, -0.05) is 54.6 Å². The molecule has 41 heavy (non-hydrogen) atoms. The highest BCUT2D eigenvalue weighted by molar-refractivity contribution is 5.95. The van der Waals surface area contributed by atoms with Gasteiger partial charge in [0.1, 0.15) is 12.1 Å². The zero-order chi connectivity index (χ0) is 30.3. The molecule has 0 aliphatic rings. The number of fused-ring (bicyclic) bond motifs is 1. The Morgan fingerprint density at radius 1 is 0.878 bits per heavy atom. The van der Waals surface area contributed by atoms with Gasteiger partial charge in [-0.05, 0) is 60.4 Å².